The fraction of sp³-hybridized carbons (Fsp3) is 0.238. The summed E-state index contributed by atoms with van der Waals surface area (Å²) in [4.78, 5) is 12.7. The van der Waals surface area contributed by atoms with Gasteiger partial charge in [-0.05, 0) is 36.2 Å². The number of methoxy groups -OCH3 is 1. The molecule has 3 rings (SSSR count). The van der Waals surface area contributed by atoms with Crippen LogP contribution in [0.3, 0.4) is 0 Å². The van der Waals surface area contributed by atoms with Crippen LogP contribution in [-0.2, 0) is 6.18 Å². The first kappa shape index (κ1) is 21.4. The Hall–Kier alpha value is -3.36. The zero-order valence-corrected chi connectivity index (χ0v) is 16.2. The van der Waals surface area contributed by atoms with E-state index >= 15 is 0 Å². The second-order valence-corrected chi connectivity index (χ2v) is 6.48. The third-order valence-corrected chi connectivity index (χ3v) is 4.59. The fourth-order valence-electron chi connectivity index (χ4n) is 3.09. The molecule has 0 spiro atoms. The molecule has 0 saturated heterocycles. The molecule has 5 nitrogen and oxygen atoms in total. The molecule has 2 aromatic carbocycles. The number of para-hydroxylation sites is 1. The van der Waals surface area contributed by atoms with Gasteiger partial charge >= 0.3 is 6.18 Å². The number of rotatable bonds is 6. The zero-order chi connectivity index (χ0) is 21.9. The van der Waals surface area contributed by atoms with Crippen molar-refractivity contribution in [3.8, 4) is 11.4 Å². The van der Waals surface area contributed by atoms with Crippen molar-refractivity contribution in [1.29, 1.82) is 0 Å². The summed E-state index contributed by atoms with van der Waals surface area (Å²) in [5.74, 6) is -1.22. The number of benzene rings is 2. The molecule has 1 N–H and O–H groups in total. The van der Waals surface area contributed by atoms with Crippen molar-refractivity contribution in [3.05, 3.63) is 77.4 Å². The molecule has 1 aromatic heterocycles. The monoisotopic (exact) mass is 421 g/mol. The minimum absolute atomic E-state index is 0.397. The quantitative estimate of drug-likeness (QED) is 0.575. The van der Waals surface area contributed by atoms with E-state index in [1.807, 2.05) is 0 Å². The summed E-state index contributed by atoms with van der Waals surface area (Å²) in [6, 6.07) is 11.2. The van der Waals surface area contributed by atoms with Gasteiger partial charge in [-0.15, -0.1) is 0 Å². The molecule has 158 valence electrons. The first-order valence-electron chi connectivity index (χ1n) is 9.11. The second kappa shape index (κ2) is 8.56. The SMILES string of the molecule is CCC(NC(=O)c1cnn(-c2ccccc2F)c1C(F)(F)F)c1ccc(OC)cc1. The first-order chi connectivity index (χ1) is 14.3. The third kappa shape index (κ3) is 4.29. The Balaban J connectivity index is 1.96. The van der Waals surface area contributed by atoms with Crippen molar-refractivity contribution in [2.45, 2.75) is 25.6 Å². The number of hydrogen-bond acceptors (Lipinski definition) is 3. The molecule has 1 amide bonds. The summed E-state index contributed by atoms with van der Waals surface area (Å²) in [5, 5.41) is 6.24. The van der Waals surface area contributed by atoms with E-state index in [2.05, 4.69) is 10.4 Å². The smallest absolute Gasteiger partial charge is 0.434 e. The molecule has 0 bridgehead atoms. The van der Waals surface area contributed by atoms with Gasteiger partial charge in [0.05, 0.1) is 24.9 Å². The molecule has 1 heterocycles. The van der Waals surface area contributed by atoms with Crippen LogP contribution in [0.2, 0.25) is 0 Å². The van der Waals surface area contributed by atoms with Crippen LogP contribution in [-0.4, -0.2) is 22.8 Å². The van der Waals surface area contributed by atoms with Gasteiger partial charge in [-0.1, -0.05) is 31.2 Å². The lowest BCUT2D eigenvalue weighted by Crippen LogP contribution is -2.30. The number of nitrogens with zero attached hydrogens (tertiary/aromatic N) is 2. The maximum Gasteiger partial charge on any atom is 0.434 e. The summed E-state index contributed by atoms with van der Waals surface area (Å²) in [6.45, 7) is 1.79. The molecule has 1 unspecified atom stereocenters. The Morgan fingerprint density at radius 2 is 1.83 bits per heavy atom. The van der Waals surface area contributed by atoms with E-state index in [-0.39, 0.29) is 0 Å². The van der Waals surface area contributed by atoms with Crippen LogP contribution < -0.4 is 10.1 Å². The van der Waals surface area contributed by atoms with E-state index in [4.69, 9.17) is 4.74 Å². The molecule has 9 heteroatoms. The molecule has 0 aliphatic rings. The van der Waals surface area contributed by atoms with E-state index in [0.29, 0.717) is 22.4 Å². The van der Waals surface area contributed by atoms with Crippen molar-refractivity contribution in [2.75, 3.05) is 7.11 Å². The topological polar surface area (TPSA) is 56.2 Å². The van der Waals surface area contributed by atoms with Crippen molar-refractivity contribution < 1.29 is 27.1 Å². The van der Waals surface area contributed by atoms with Crippen molar-refractivity contribution in [1.82, 2.24) is 15.1 Å². The number of amides is 1. The molecule has 1 atom stereocenters. The third-order valence-electron chi connectivity index (χ3n) is 4.59. The largest absolute Gasteiger partial charge is 0.497 e. The number of aromatic nitrogens is 2. The highest BCUT2D eigenvalue weighted by Crippen LogP contribution is 2.34. The van der Waals surface area contributed by atoms with Crippen LogP contribution in [0.15, 0.2) is 54.7 Å². The van der Waals surface area contributed by atoms with Gasteiger partial charge in [0.2, 0.25) is 0 Å². The molecular weight excluding hydrogens is 402 g/mol. The minimum atomic E-state index is -4.92. The predicted molar refractivity (Wildman–Crippen MR) is 102 cm³/mol. The highest BCUT2D eigenvalue weighted by atomic mass is 19.4. The van der Waals surface area contributed by atoms with E-state index in [0.717, 1.165) is 18.3 Å². The molecule has 0 saturated carbocycles. The number of alkyl halides is 3. The van der Waals surface area contributed by atoms with Crippen LogP contribution in [0.25, 0.3) is 5.69 Å². The van der Waals surface area contributed by atoms with Crippen LogP contribution >= 0.6 is 0 Å². The van der Waals surface area contributed by atoms with Gasteiger partial charge in [-0.2, -0.15) is 18.3 Å². The molecule has 0 fully saturated rings. The van der Waals surface area contributed by atoms with Gasteiger partial charge in [-0.25, -0.2) is 9.07 Å². The van der Waals surface area contributed by atoms with E-state index in [9.17, 15) is 22.4 Å². The van der Waals surface area contributed by atoms with Gasteiger partial charge in [0.15, 0.2) is 5.69 Å². The number of carbonyl (C=O) groups is 1. The molecule has 30 heavy (non-hydrogen) atoms. The Labute approximate surface area is 170 Å². The van der Waals surface area contributed by atoms with Crippen LogP contribution in [0, 0.1) is 5.82 Å². The van der Waals surface area contributed by atoms with Crippen molar-refractivity contribution in [2.24, 2.45) is 0 Å². The predicted octanol–water partition coefficient (Wildman–Crippen LogP) is 4.92. The second-order valence-electron chi connectivity index (χ2n) is 6.48. The Bertz CT molecular complexity index is 1030. The molecule has 0 aliphatic carbocycles. The van der Waals surface area contributed by atoms with Gasteiger partial charge in [0.1, 0.15) is 17.3 Å². The molecular formula is C21H19F4N3O2. The number of nitrogens with one attached hydrogen (secondary N) is 1. The first-order valence-corrected chi connectivity index (χ1v) is 9.11. The molecule has 0 aliphatic heterocycles. The van der Waals surface area contributed by atoms with Gasteiger partial charge in [0.25, 0.3) is 5.91 Å². The average Bonchev–Trinajstić information content (AvgIpc) is 3.18. The maximum atomic E-state index is 14.1. The highest BCUT2D eigenvalue weighted by molar-refractivity contribution is 5.95. The van der Waals surface area contributed by atoms with Gasteiger partial charge < -0.3 is 10.1 Å². The normalized spacial score (nSPS) is 12.5. The van der Waals surface area contributed by atoms with Crippen LogP contribution in [0.5, 0.6) is 5.75 Å². The van der Waals surface area contributed by atoms with E-state index < -0.39 is 40.9 Å². The highest BCUT2D eigenvalue weighted by Gasteiger charge is 2.41. The lowest BCUT2D eigenvalue weighted by molar-refractivity contribution is -0.143. The Morgan fingerprint density at radius 1 is 1.17 bits per heavy atom. The summed E-state index contributed by atoms with van der Waals surface area (Å²) in [6.07, 6.45) is -3.68. The summed E-state index contributed by atoms with van der Waals surface area (Å²) in [7, 11) is 1.51. The Kier molecular flexibility index (Phi) is 6.09. The van der Waals surface area contributed by atoms with Gasteiger partial charge in [-0.3, -0.25) is 4.79 Å². The summed E-state index contributed by atoms with van der Waals surface area (Å²) < 4.78 is 60.9. The zero-order valence-electron chi connectivity index (χ0n) is 16.2. The lowest BCUT2D eigenvalue weighted by atomic mass is 10.0. The number of carbonyl (C=O) groups excluding carboxylic acids is 1. The van der Waals surface area contributed by atoms with E-state index in [1.54, 1.807) is 31.2 Å². The standard InChI is InChI=1S/C21H19F4N3O2/c1-3-17(13-8-10-14(30-2)11-9-13)27-20(29)15-12-26-28(19(15)21(23,24)25)18-7-5-4-6-16(18)22/h4-12,17H,3H2,1-2H3,(H,27,29). The number of halogens is 4. The van der Waals surface area contributed by atoms with Gasteiger partial charge in [0, 0.05) is 0 Å². The molecule has 3 aromatic rings. The van der Waals surface area contributed by atoms with E-state index in [1.165, 1.54) is 19.2 Å². The molecule has 0 radical (unpaired) electrons. The fourth-order valence-corrected chi connectivity index (χ4v) is 3.09. The summed E-state index contributed by atoms with van der Waals surface area (Å²) in [5.41, 5.74) is -1.71. The number of hydrogen-bond donors (Lipinski definition) is 1. The number of ether oxygens (including phenoxy) is 1. The van der Waals surface area contributed by atoms with Crippen LogP contribution in [0.4, 0.5) is 17.6 Å². The maximum absolute atomic E-state index is 14.1. The van der Waals surface area contributed by atoms with Crippen molar-refractivity contribution in [3.63, 3.8) is 0 Å². The minimum Gasteiger partial charge on any atom is -0.497 e. The van der Waals surface area contributed by atoms with Crippen LogP contribution in [0.1, 0.15) is 41.0 Å². The Morgan fingerprint density at radius 3 is 2.40 bits per heavy atom. The lowest BCUT2D eigenvalue weighted by Gasteiger charge is -2.19. The average molecular weight is 421 g/mol. The van der Waals surface area contributed by atoms with Crippen molar-refractivity contribution >= 4 is 5.91 Å². The summed E-state index contributed by atoms with van der Waals surface area (Å²) >= 11 is 0.